The molecule has 1 N–H and O–H groups in total. The van der Waals surface area contributed by atoms with Crippen LogP contribution in [0.3, 0.4) is 0 Å². The van der Waals surface area contributed by atoms with E-state index in [1.165, 1.54) is 16.0 Å². The summed E-state index contributed by atoms with van der Waals surface area (Å²) in [5, 5.41) is 9.86. The van der Waals surface area contributed by atoms with Crippen LogP contribution in [-0.2, 0) is 25.9 Å². The Morgan fingerprint density at radius 2 is 2.04 bits per heavy atom. The molecule has 2 aromatic rings. The first-order chi connectivity index (χ1) is 11.3. The standard InChI is InChI=1S/C19H21NO2S2/c1-19(2)6-5-15-14(8-19)16(18(21)22)17(24-15)11-3-4-12-9-20(23)10-13(12)7-11/h3-4,7,23H,5-6,8-10H2,1-2H3,(H,21,22). The summed E-state index contributed by atoms with van der Waals surface area (Å²) in [6.45, 7) is 6.12. The first-order valence-corrected chi connectivity index (χ1v) is 9.49. The van der Waals surface area contributed by atoms with Gasteiger partial charge in [-0.3, -0.25) is 0 Å². The summed E-state index contributed by atoms with van der Waals surface area (Å²) >= 11 is 6.11. The molecule has 1 aromatic carbocycles. The van der Waals surface area contributed by atoms with E-state index in [1.54, 1.807) is 11.3 Å². The molecule has 1 aromatic heterocycles. The number of hydrogen-bond donors (Lipinski definition) is 2. The number of rotatable bonds is 2. The molecule has 24 heavy (non-hydrogen) atoms. The van der Waals surface area contributed by atoms with Crippen molar-refractivity contribution in [2.75, 3.05) is 0 Å². The molecule has 0 spiro atoms. The van der Waals surface area contributed by atoms with Crippen molar-refractivity contribution in [3.05, 3.63) is 45.3 Å². The Morgan fingerprint density at radius 3 is 2.79 bits per heavy atom. The number of carboxylic acids is 1. The van der Waals surface area contributed by atoms with Crippen LogP contribution in [0, 0.1) is 5.41 Å². The molecule has 0 bridgehead atoms. The average Bonchev–Trinajstić information content (AvgIpc) is 3.04. The zero-order chi connectivity index (χ0) is 17.1. The van der Waals surface area contributed by atoms with Gasteiger partial charge in [-0.05, 0) is 53.0 Å². The molecule has 0 saturated carbocycles. The fourth-order valence-corrected chi connectivity index (χ4v) is 5.48. The fraction of sp³-hybridized carbons (Fsp3) is 0.421. The van der Waals surface area contributed by atoms with Crippen molar-refractivity contribution in [2.45, 2.75) is 46.2 Å². The molecule has 4 rings (SSSR count). The maximum absolute atomic E-state index is 12.0. The number of aromatic carboxylic acids is 1. The lowest BCUT2D eigenvalue weighted by Gasteiger charge is -2.29. The van der Waals surface area contributed by atoms with Gasteiger partial charge >= 0.3 is 5.97 Å². The minimum atomic E-state index is -0.795. The zero-order valence-corrected chi connectivity index (χ0v) is 15.6. The van der Waals surface area contributed by atoms with Crippen LogP contribution in [0.5, 0.6) is 0 Å². The third kappa shape index (κ3) is 2.68. The van der Waals surface area contributed by atoms with Gasteiger partial charge in [-0.1, -0.05) is 38.8 Å². The fourth-order valence-electron chi connectivity index (χ4n) is 3.87. The molecule has 0 atom stereocenters. The van der Waals surface area contributed by atoms with E-state index in [9.17, 15) is 9.90 Å². The molecule has 0 saturated heterocycles. The van der Waals surface area contributed by atoms with Crippen molar-refractivity contribution in [1.29, 1.82) is 0 Å². The SMILES string of the molecule is CC1(C)CCc2sc(-c3ccc4c(c3)CN(S)C4)c(C(=O)O)c2C1. The summed E-state index contributed by atoms with van der Waals surface area (Å²) in [7, 11) is 0. The highest BCUT2D eigenvalue weighted by Crippen LogP contribution is 2.45. The molecule has 0 fully saturated rings. The first kappa shape index (κ1) is 16.2. The molecule has 3 nitrogen and oxygen atoms in total. The van der Waals surface area contributed by atoms with Crippen LogP contribution >= 0.6 is 24.2 Å². The van der Waals surface area contributed by atoms with Crippen molar-refractivity contribution in [1.82, 2.24) is 4.31 Å². The summed E-state index contributed by atoms with van der Waals surface area (Å²) in [6, 6.07) is 6.34. The van der Waals surface area contributed by atoms with Gasteiger partial charge in [0.25, 0.3) is 0 Å². The van der Waals surface area contributed by atoms with Crippen molar-refractivity contribution in [2.24, 2.45) is 5.41 Å². The van der Waals surface area contributed by atoms with Crippen LogP contribution in [0.25, 0.3) is 10.4 Å². The Balaban J connectivity index is 1.84. The second kappa shape index (κ2) is 5.61. The van der Waals surface area contributed by atoms with E-state index in [4.69, 9.17) is 0 Å². The third-order valence-corrected chi connectivity index (χ3v) is 6.79. The zero-order valence-electron chi connectivity index (χ0n) is 13.9. The highest BCUT2D eigenvalue weighted by molar-refractivity contribution is 7.77. The molecule has 2 aliphatic rings. The average molecular weight is 360 g/mol. The van der Waals surface area contributed by atoms with Gasteiger partial charge in [-0.25, -0.2) is 9.10 Å². The van der Waals surface area contributed by atoms with E-state index in [-0.39, 0.29) is 5.41 Å². The van der Waals surface area contributed by atoms with E-state index in [2.05, 4.69) is 44.9 Å². The number of fused-ring (bicyclic) bond motifs is 2. The highest BCUT2D eigenvalue weighted by Gasteiger charge is 2.33. The Kier molecular flexibility index (Phi) is 3.79. The van der Waals surface area contributed by atoms with E-state index < -0.39 is 5.97 Å². The summed E-state index contributed by atoms with van der Waals surface area (Å²) in [6.07, 6.45) is 2.97. The number of benzene rings is 1. The number of aryl methyl sites for hydroxylation is 1. The molecule has 0 unspecified atom stereocenters. The van der Waals surface area contributed by atoms with Crippen LogP contribution < -0.4 is 0 Å². The summed E-state index contributed by atoms with van der Waals surface area (Å²) in [5.41, 5.74) is 5.35. The molecular formula is C19H21NO2S2. The second-order valence-electron chi connectivity index (χ2n) is 7.66. The first-order valence-electron chi connectivity index (χ1n) is 8.28. The number of carbonyl (C=O) groups is 1. The topological polar surface area (TPSA) is 40.5 Å². The largest absolute Gasteiger partial charge is 0.478 e. The van der Waals surface area contributed by atoms with Gasteiger partial charge in [-0.2, -0.15) is 0 Å². The van der Waals surface area contributed by atoms with Crippen molar-refractivity contribution in [3.63, 3.8) is 0 Å². The molecule has 126 valence electrons. The molecule has 0 amide bonds. The molecule has 0 radical (unpaired) electrons. The van der Waals surface area contributed by atoms with Crippen LogP contribution in [0.1, 0.15) is 52.2 Å². The van der Waals surface area contributed by atoms with Gasteiger partial charge in [0.1, 0.15) is 0 Å². The van der Waals surface area contributed by atoms with Gasteiger partial charge in [0.2, 0.25) is 0 Å². The van der Waals surface area contributed by atoms with E-state index in [0.717, 1.165) is 48.4 Å². The van der Waals surface area contributed by atoms with Gasteiger partial charge in [0.15, 0.2) is 0 Å². The van der Waals surface area contributed by atoms with Gasteiger partial charge in [0.05, 0.1) is 5.56 Å². The normalized spacial score (nSPS) is 19.1. The van der Waals surface area contributed by atoms with Crippen LogP contribution in [-0.4, -0.2) is 15.4 Å². The monoisotopic (exact) mass is 359 g/mol. The van der Waals surface area contributed by atoms with Crippen LogP contribution in [0.2, 0.25) is 0 Å². The Morgan fingerprint density at radius 1 is 1.29 bits per heavy atom. The van der Waals surface area contributed by atoms with Gasteiger partial charge in [0, 0.05) is 22.8 Å². The summed E-state index contributed by atoms with van der Waals surface area (Å²) in [4.78, 5) is 14.2. The molecule has 1 aliphatic carbocycles. The molecular weight excluding hydrogens is 338 g/mol. The predicted octanol–water partition coefficient (Wildman–Crippen LogP) is 4.79. The predicted molar refractivity (Wildman–Crippen MR) is 101 cm³/mol. The number of nitrogens with zero attached hydrogens (tertiary/aromatic N) is 1. The maximum Gasteiger partial charge on any atom is 0.337 e. The number of thiol groups is 1. The van der Waals surface area contributed by atoms with Gasteiger partial charge < -0.3 is 5.11 Å². The molecule has 5 heteroatoms. The molecule has 1 aliphatic heterocycles. The lowest BCUT2D eigenvalue weighted by atomic mass is 9.76. The Bertz CT molecular complexity index is 838. The Labute approximate surface area is 151 Å². The minimum absolute atomic E-state index is 0.181. The number of hydrogen-bond acceptors (Lipinski definition) is 4. The van der Waals surface area contributed by atoms with Crippen molar-refractivity contribution >= 4 is 30.1 Å². The van der Waals surface area contributed by atoms with Crippen molar-refractivity contribution in [3.8, 4) is 10.4 Å². The second-order valence-corrected chi connectivity index (χ2v) is 9.33. The molecule has 2 heterocycles. The highest BCUT2D eigenvalue weighted by atomic mass is 32.1. The third-order valence-electron chi connectivity index (χ3n) is 5.16. The Hall–Kier alpha value is -1.30. The lowest BCUT2D eigenvalue weighted by molar-refractivity contribution is 0.0696. The number of thiophene rings is 1. The smallest absolute Gasteiger partial charge is 0.337 e. The quantitative estimate of drug-likeness (QED) is 0.758. The van der Waals surface area contributed by atoms with Crippen LogP contribution in [0.4, 0.5) is 0 Å². The summed E-state index contributed by atoms with van der Waals surface area (Å²) < 4.78 is 1.98. The van der Waals surface area contributed by atoms with E-state index in [1.807, 2.05) is 4.31 Å². The van der Waals surface area contributed by atoms with E-state index in [0.29, 0.717) is 5.56 Å². The summed E-state index contributed by atoms with van der Waals surface area (Å²) in [5.74, 6) is -0.795. The van der Waals surface area contributed by atoms with Crippen LogP contribution in [0.15, 0.2) is 18.2 Å². The minimum Gasteiger partial charge on any atom is -0.478 e. The van der Waals surface area contributed by atoms with Gasteiger partial charge in [-0.15, -0.1) is 11.3 Å². The maximum atomic E-state index is 12.0. The van der Waals surface area contributed by atoms with E-state index >= 15 is 0 Å². The number of carboxylic acid groups (broad SMARTS) is 1. The lowest BCUT2D eigenvalue weighted by Crippen LogP contribution is -2.22. The van der Waals surface area contributed by atoms with Crippen molar-refractivity contribution < 1.29 is 9.90 Å².